The summed E-state index contributed by atoms with van der Waals surface area (Å²) in [5.74, 6) is -0.329. The minimum atomic E-state index is -4.17. The number of nitrogens with zero attached hydrogens (tertiary/aromatic N) is 2. The van der Waals surface area contributed by atoms with E-state index in [0.29, 0.717) is 27.8 Å². The molecule has 3 aromatic carbocycles. The van der Waals surface area contributed by atoms with Crippen LogP contribution in [0.15, 0.2) is 77.7 Å². The fraction of sp³-hybridized carbons (Fsp3) is 0.355. The minimum absolute atomic E-state index is 0.0281. The maximum atomic E-state index is 14.2. The molecule has 0 radical (unpaired) electrons. The van der Waals surface area contributed by atoms with Crippen LogP contribution in [0.25, 0.3) is 0 Å². The van der Waals surface area contributed by atoms with E-state index in [4.69, 9.17) is 27.9 Å². The van der Waals surface area contributed by atoms with E-state index in [-0.39, 0.29) is 29.1 Å². The van der Waals surface area contributed by atoms with Crippen LogP contribution in [0.4, 0.5) is 5.69 Å². The van der Waals surface area contributed by atoms with Gasteiger partial charge in [-0.15, -0.1) is 0 Å². The Morgan fingerprint density at radius 1 is 0.952 bits per heavy atom. The van der Waals surface area contributed by atoms with Crippen LogP contribution in [0, 0.1) is 0 Å². The lowest BCUT2D eigenvalue weighted by molar-refractivity contribution is -0.140. The second-order valence-corrected chi connectivity index (χ2v) is 12.8. The molecule has 0 spiro atoms. The maximum Gasteiger partial charge on any atom is 0.264 e. The molecule has 3 aromatic rings. The number of anilines is 1. The highest BCUT2D eigenvalue weighted by Gasteiger charge is 2.35. The lowest BCUT2D eigenvalue weighted by Crippen LogP contribution is -2.53. The smallest absolute Gasteiger partial charge is 0.264 e. The SMILES string of the molecule is CC[C@H](C(=O)NC1CCCC1)N(Cc1c(Cl)cccc1Cl)C(=O)CN(c1ccc(OC)cc1)S(=O)(=O)c1ccccc1. The Hall–Kier alpha value is -3.27. The highest BCUT2D eigenvalue weighted by molar-refractivity contribution is 7.92. The Kier molecular flexibility index (Phi) is 10.8. The van der Waals surface area contributed by atoms with Gasteiger partial charge in [0, 0.05) is 28.2 Å². The first-order valence-electron chi connectivity index (χ1n) is 13.9. The average molecular weight is 633 g/mol. The van der Waals surface area contributed by atoms with Gasteiger partial charge in [0.2, 0.25) is 11.8 Å². The second-order valence-electron chi connectivity index (χ2n) is 10.2. The van der Waals surface area contributed by atoms with E-state index in [1.807, 2.05) is 6.92 Å². The Labute approximate surface area is 257 Å². The number of methoxy groups -OCH3 is 1. The Bertz CT molecular complexity index is 1460. The van der Waals surface area contributed by atoms with E-state index in [2.05, 4.69) is 5.32 Å². The van der Waals surface area contributed by atoms with Crippen LogP contribution in [-0.2, 0) is 26.2 Å². The molecule has 0 aromatic heterocycles. The molecule has 1 aliphatic rings. The summed E-state index contributed by atoms with van der Waals surface area (Å²) in [7, 11) is -2.66. The lowest BCUT2D eigenvalue weighted by atomic mass is 10.1. The number of carbonyl (C=O) groups is 2. The first kappa shape index (κ1) is 31.7. The largest absolute Gasteiger partial charge is 0.497 e. The van der Waals surface area contributed by atoms with Gasteiger partial charge in [0.05, 0.1) is 17.7 Å². The van der Waals surface area contributed by atoms with Crippen molar-refractivity contribution < 1.29 is 22.7 Å². The normalized spacial score (nSPS) is 14.3. The van der Waals surface area contributed by atoms with Crippen molar-refractivity contribution in [3.63, 3.8) is 0 Å². The maximum absolute atomic E-state index is 14.2. The van der Waals surface area contributed by atoms with Crippen molar-refractivity contribution in [1.29, 1.82) is 0 Å². The van der Waals surface area contributed by atoms with Gasteiger partial charge < -0.3 is 15.0 Å². The van der Waals surface area contributed by atoms with E-state index in [1.54, 1.807) is 60.7 Å². The number of sulfonamides is 1. The number of benzene rings is 3. The van der Waals surface area contributed by atoms with Crippen molar-refractivity contribution in [2.75, 3.05) is 18.0 Å². The summed E-state index contributed by atoms with van der Waals surface area (Å²) in [6.45, 7) is 1.18. The molecule has 224 valence electrons. The van der Waals surface area contributed by atoms with Gasteiger partial charge in [-0.05, 0) is 67.8 Å². The summed E-state index contributed by atoms with van der Waals surface area (Å²) < 4.78 is 34.1. The van der Waals surface area contributed by atoms with Crippen LogP contribution in [-0.4, -0.2) is 50.9 Å². The zero-order chi connectivity index (χ0) is 30.3. The Morgan fingerprint density at radius 2 is 1.57 bits per heavy atom. The molecule has 1 saturated carbocycles. The topological polar surface area (TPSA) is 96.0 Å². The van der Waals surface area contributed by atoms with Crippen LogP contribution in [0.3, 0.4) is 0 Å². The first-order valence-corrected chi connectivity index (χ1v) is 16.1. The van der Waals surface area contributed by atoms with Gasteiger partial charge in [-0.25, -0.2) is 8.42 Å². The molecular formula is C31H35Cl2N3O5S. The van der Waals surface area contributed by atoms with Gasteiger partial charge in [0.15, 0.2) is 0 Å². The minimum Gasteiger partial charge on any atom is -0.497 e. The molecule has 0 aliphatic heterocycles. The van der Waals surface area contributed by atoms with Crippen LogP contribution < -0.4 is 14.4 Å². The van der Waals surface area contributed by atoms with E-state index >= 15 is 0 Å². The summed E-state index contributed by atoms with van der Waals surface area (Å²) in [5.41, 5.74) is 0.746. The number of rotatable bonds is 12. The van der Waals surface area contributed by atoms with Crippen molar-refractivity contribution in [3.05, 3.63) is 88.4 Å². The van der Waals surface area contributed by atoms with Crippen molar-refractivity contribution >= 4 is 50.7 Å². The van der Waals surface area contributed by atoms with Gasteiger partial charge in [0.1, 0.15) is 18.3 Å². The number of carbonyl (C=O) groups excluding carboxylic acids is 2. The molecule has 8 nitrogen and oxygen atoms in total. The number of amides is 2. The molecule has 2 amide bonds. The monoisotopic (exact) mass is 631 g/mol. The van der Waals surface area contributed by atoms with E-state index < -0.39 is 28.5 Å². The number of hydrogen-bond donors (Lipinski definition) is 1. The molecule has 0 saturated heterocycles. The lowest BCUT2D eigenvalue weighted by Gasteiger charge is -2.34. The number of hydrogen-bond acceptors (Lipinski definition) is 5. The number of ether oxygens (including phenoxy) is 1. The van der Waals surface area contributed by atoms with Gasteiger partial charge in [-0.3, -0.25) is 13.9 Å². The molecule has 0 heterocycles. The zero-order valence-electron chi connectivity index (χ0n) is 23.6. The Balaban J connectivity index is 1.74. The summed E-state index contributed by atoms with van der Waals surface area (Å²) in [6, 6.07) is 18.5. The van der Waals surface area contributed by atoms with E-state index in [1.165, 1.54) is 24.1 Å². The summed E-state index contributed by atoms with van der Waals surface area (Å²) in [5, 5.41) is 3.78. The molecule has 0 unspecified atom stereocenters. The highest BCUT2D eigenvalue weighted by atomic mass is 35.5. The molecule has 1 aliphatic carbocycles. The third kappa shape index (κ3) is 7.38. The zero-order valence-corrected chi connectivity index (χ0v) is 26.0. The summed E-state index contributed by atoms with van der Waals surface area (Å²) in [4.78, 5) is 29.2. The molecule has 42 heavy (non-hydrogen) atoms. The van der Waals surface area contributed by atoms with Crippen molar-refractivity contribution in [3.8, 4) is 5.75 Å². The molecule has 1 N–H and O–H groups in total. The molecule has 1 fully saturated rings. The molecule has 1 atom stereocenters. The van der Waals surface area contributed by atoms with Crippen molar-refractivity contribution in [1.82, 2.24) is 10.2 Å². The highest BCUT2D eigenvalue weighted by Crippen LogP contribution is 2.29. The number of halogens is 2. The molecule has 11 heteroatoms. The van der Waals surface area contributed by atoms with Crippen molar-refractivity contribution in [2.45, 2.75) is 62.6 Å². The van der Waals surface area contributed by atoms with E-state index in [9.17, 15) is 18.0 Å². The first-order chi connectivity index (χ1) is 20.1. The molecule has 0 bridgehead atoms. The molecular weight excluding hydrogens is 597 g/mol. The standard InChI is InChI=1S/C31H35Cl2N3O5S/c1-3-29(31(38)34-22-10-7-8-11-22)35(20-26-27(32)14-9-15-28(26)33)30(37)21-36(23-16-18-24(41-2)19-17-23)42(39,40)25-12-5-4-6-13-25/h4-6,9,12-19,22,29H,3,7-8,10-11,20-21H2,1-2H3,(H,34,38)/t29-/m1/s1. The summed E-state index contributed by atoms with van der Waals surface area (Å²) >= 11 is 13.0. The van der Waals surface area contributed by atoms with Gasteiger partial charge >= 0.3 is 0 Å². The van der Waals surface area contributed by atoms with E-state index in [0.717, 1.165) is 30.0 Å². The quantitative estimate of drug-likeness (QED) is 0.262. The van der Waals surface area contributed by atoms with Crippen LogP contribution in [0.1, 0.15) is 44.6 Å². The summed E-state index contributed by atoms with van der Waals surface area (Å²) in [6.07, 6.45) is 4.14. The van der Waals surface area contributed by atoms with Gasteiger partial charge in [-0.1, -0.05) is 67.2 Å². The predicted octanol–water partition coefficient (Wildman–Crippen LogP) is 6.06. The second kappa shape index (κ2) is 14.3. The fourth-order valence-corrected chi connectivity index (χ4v) is 7.09. The average Bonchev–Trinajstić information content (AvgIpc) is 3.50. The third-order valence-corrected chi connectivity index (χ3v) is 9.94. The van der Waals surface area contributed by atoms with Crippen molar-refractivity contribution in [2.24, 2.45) is 0 Å². The third-order valence-electron chi connectivity index (χ3n) is 7.45. The molecule has 4 rings (SSSR count). The fourth-order valence-electron chi connectivity index (χ4n) is 5.14. The van der Waals surface area contributed by atoms with Crippen LogP contribution >= 0.6 is 23.2 Å². The van der Waals surface area contributed by atoms with Crippen LogP contribution in [0.2, 0.25) is 10.0 Å². The van der Waals surface area contributed by atoms with Gasteiger partial charge in [-0.2, -0.15) is 0 Å². The Morgan fingerprint density at radius 3 is 2.14 bits per heavy atom. The van der Waals surface area contributed by atoms with Crippen LogP contribution in [0.5, 0.6) is 5.75 Å². The number of nitrogens with one attached hydrogen (secondary N) is 1. The predicted molar refractivity (Wildman–Crippen MR) is 165 cm³/mol. The van der Waals surface area contributed by atoms with Gasteiger partial charge in [0.25, 0.3) is 10.0 Å².